The summed E-state index contributed by atoms with van der Waals surface area (Å²) < 4.78 is 41.0. The van der Waals surface area contributed by atoms with Gasteiger partial charge in [-0.1, -0.05) is 5.16 Å². The molecule has 9 heteroatoms. The molecule has 0 saturated heterocycles. The third-order valence-corrected chi connectivity index (χ3v) is 2.79. The first-order valence-electron chi connectivity index (χ1n) is 4.70. The van der Waals surface area contributed by atoms with Crippen LogP contribution in [0.4, 0.5) is 13.2 Å². The zero-order valence-electron chi connectivity index (χ0n) is 9.32. The predicted molar refractivity (Wildman–Crippen MR) is 56.8 cm³/mol. The van der Waals surface area contributed by atoms with E-state index in [2.05, 4.69) is 24.6 Å². The summed E-state index contributed by atoms with van der Waals surface area (Å²) in [6, 6.07) is 0. The highest BCUT2D eigenvalue weighted by atomic mass is 32.2. The third kappa shape index (κ3) is 2.45. The second-order valence-corrected chi connectivity index (χ2v) is 4.10. The van der Waals surface area contributed by atoms with E-state index in [4.69, 9.17) is 0 Å². The number of halogens is 3. The van der Waals surface area contributed by atoms with E-state index in [0.29, 0.717) is 5.03 Å². The maximum atomic E-state index is 12.3. The van der Waals surface area contributed by atoms with Gasteiger partial charge in [0.2, 0.25) is 11.6 Å². The fourth-order valence-electron chi connectivity index (χ4n) is 1.17. The Labute approximate surface area is 104 Å². The molecular weight excluding hydrogens is 269 g/mol. The molecule has 0 aliphatic heterocycles. The lowest BCUT2D eigenvalue weighted by molar-refractivity contribution is -0.159. The Hall–Kier alpha value is -1.64. The molecule has 18 heavy (non-hydrogen) atoms. The molecular formula is C9H7F3N4OS. The largest absolute Gasteiger partial charge is 0.471 e. The van der Waals surface area contributed by atoms with Gasteiger partial charge in [0, 0.05) is 6.20 Å². The van der Waals surface area contributed by atoms with E-state index in [1.165, 1.54) is 18.0 Å². The third-order valence-electron chi connectivity index (χ3n) is 1.99. The van der Waals surface area contributed by atoms with Gasteiger partial charge in [-0.25, -0.2) is 9.97 Å². The number of alkyl halides is 3. The SMILES string of the molecule is CSc1nc(-c2noc(C(F)(F)F)n2)ncc1C. The topological polar surface area (TPSA) is 64.7 Å². The molecule has 0 aromatic carbocycles. The molecule has 0 atom stereocenters. The van der Waals surface area contributed by atoms with Crippen LogP contribution in [0.25, 0.3) is 11.6 Å². The maximum absolute atomic E-state index is 12.3. The van der Waals surface area contributed by atoms with Crippen LogP contribution in [0.1, 0.15) is 11.5 Å². The highest BCUT2D eigenvalue weighted by molar-refractivity contribution is 7.98. The molecule has 0 aliphatic rings. The quantitative estimate of drug-likeness (QED) is 0.620. The van der Waals surface area contributed by atoms with E-state index in [1.54, 1.807) is 13.2 Å². The van der Waals surface area contributed by atoms with Crippen molar-refractivity contribution in [1.82, 2.24) is 20.1 Å². The Morgan fingerprint density at radius 1 is 1.22 bits per heavy atom. The fourth-order valence-corrected chi connectivity index (χ4v) is 1.72. The summed E-state index contributed by atoms with van der Waals surface area (Å²) in [6.07, 6.45) is -1.37. The van der Waals surface area contributed by atoms with Crippen LogP contribution < -0.4 is 0 Å². The lowest BCUT2D eigenvalue weighted by Crippen LogP contribution is -2.05. The average molecular weight is 276 g/mol. The zero-order valence-corrected chi connectivity index (χ0v) is 10.1. The van der Waals surface area contributed by atoms with E-state index in [9.17, 15) is 13.2 Å². The minimum atomic E-state index is -4.67. The van der Waals surface area contributed by atoms with Gasteiger partial charge in [-0.2, -0.15) is 18.2 Å². The van der Waals surface area contributed by atoms with E-state index in [-0.39, 0.29) is 11.6 Å². The number of hydrogen-bond acceptors (Lipinski definition) is 6. The van der Waals surface area contributed by atoms with Crippen LogP contribution in [-0.4, -0.2) is 26.4 Å². The molecule has 2 heterocycles. The van der Waals surface area contributed by atoms with Gasteiger partial charge in [0.1, 0.15) is 5.03 Å². The molecule has 0 bridgehead atoms. The molecule has 0 amide bonds. The van der Waals surface area contributed by atoms with Crippen LogP contribution in [0, 0.1) is 6.92 Å². The molecule has 0 N–H and O–H groups in total. The van der Waals surface area contributed by atoms with Crippen LogP contribution in [0.2, 0.25) is 0 Å². The van der Waals surface area contributed by atoms with Crippen molar-refractivity contribution in [2.45, 2.75) is 18.1 Å². The van der Waals surface area contributed by atoms with E-state index < -0.39 is 12.1 Å². The lowest BCUT2D eigenvalue weighted by Gasteiger charge is -2.01. The molecule has 0 spiro atoms. The molecule has 2 aromatic rings. The van der Waals surface area contributed by atoms with E-state index in [0.717, 1.165) is 5.56 Å². The smallest absolute Gasteiger partial charge is 0.329 e. The van der Waals surface area contributed by atoms with Crippen molar-refractivity contribution in [3.8, 4) is 11.6 Å². The minimum Gasteiger partial charge on any atom is -0.329 e. The Morgan fingerprint density at radius 2 is 1.94 bits per heavy atom. The number of aryl methyl sites for hydroxylation is 1. The predicted octanol–water partition coefficient (Wildman–Crippen LogP) is 2.58. The number of rotatable bonds is 2. The van der Waals surface area contributed by atoms with Crippen LogP contribution >= 0.6 is 11.8 Å². The average Bonchev–Trinajstić information content (AvgIpc) is 2.78. The van der Waals surface area contributed by atoms with Gasteiger partial charge in [-0.05, 0) is 18.7 Å². The van der Waals surface area contributed by atoms with Crippen molar-refractivity contribution in [1.29, 1.82) is 0 Å². The molecule has 2 aromatic heterocycles. The van der Waals surface area contributed by atoms with Crippen LogP contribution in [0.3, 0.4) is 0 Å². The van der Waals surface area contributed by atoms with Crippen molar-refractivity contribution < 1.29 is 17.7 Å². The first-order chi connectivity index (χ1) is 8.41. The number of thioether (sulfide) groups is 1. The number of hydrogen-bond donors (Lipinski definition) is 0. The Morgan fingerprint density at radius 3 is 2.50 bits per heavy atom. The van der Waals surface area contributed by atoms with Crippen molar-refractivity contribution >= 4 is 11.8 Å². The Kier molecular flexibility index (Phi) is 3.24. The number of aromatic nitrogens is 4. The summed E-state index contributed by atoms with van der Waals surface area (Å²) in [7, 11) is 0. The fraction of sp³-hybridized carbons (Fsp3) is 0.333. The van der Waals surface area contributed by atoms with Crippen LogP contribution in [0.5, 0.6) is 0 Å². The summed E-state index contributed by atoms with van der Waals surface area (Å²) in [6.45, 7) is 1.80. The summed E-state index contributed by atoms with van der Waals surface area (Å²) in [5.41, 5.74) is 0.825. The highest BCUT2D eigenvalue weighted by Gasteiger charge is 2.38. The molecule has 0 unspecified atom stereocenters. The van der Waals surface area contributed by atoms with Gasteiger partial charge in [0.25, 0.3) is 0 Å². The monoisotopic (exact) mass is 276 g/mol. The molecule has 0 aliphatic carbocycles. The zero-order chi connectivity index (χ0) is 13.3. The normalized spacial score (nSPS) is 11.8. The van der Waals surface area contributed by atoms with Crippen molar-refractivity contribution in [3.05, 3.63) is 17.7 Å². The summed E-state index contributed by atoms with van der Waals surface area (Å²) in [5.74, 6) is -1.69. The second-order valence-electron chi connectivity index (χ2n) is 3.31. The molecule has 5 nitrogen and oxygen atoms in total. The van der Waals surface area contributed by atoms with E-state index in [1.807, 2.05) is 0 Å². The molecule has 2 rings (SSSR count). The van der Waals surface area contributed by atoms with Gasteiger partial charge in [0.15, 0.2) is 0 Å². The van der Waals surface area contributed by atoms with Crippen LogP contribution in [-0.2, 0) is 6.18 Å². The van der Waals surface area contributed by atoms with E-state index >= 15 is 0 Å². The summed E-state index contributed by atoms with van der Waals surface area (Å²) in [4.78, 5) is 11.2. The van der Waals surface area contributed by atoms with Crippen molar-refractivity contribution in [2.24, 2.45) is 0 Å². The van der Waals surface area contributed by atoms with Crippen LogP contribution in [0.15, 0.2) is 15.7 Å². The first kappa shape index (κ1) is 12.8. The number of nitrogens with zero attached hydrogens (tertiary/aromatic N) is 4. The van der Waals surface area contributed by atoms with Gasteiger partial charge in [0.05, 0.1) is 0 Å². The Bertz CT molecular complexity index is 569. The molecule has 0 radical (unpaired) electrons. The van der Waals surface area contributed by atoms with Crippen molar-refractivity contribution in [2.75, 3.05) is 6.26 Å². The molecule has 0 saturated carbocycles. The summed E-state index contributed by atoms with van der Waals surface area (Å²) >= 11 is 1.36. The molecule has 96 valence electrons. The Balaban J connectivity index is 2.40. The van der Waals surface area contributed by atoms with Gasteiger partial charge in [-0.3, -0.25) is 0 Å². The van der Waals surface area contributed by atoms with Crippen molar-refractivity contribution in [3.63, 3.8) is 0 Å². The highest BCUT2D eigenvalue weighted by Crippen LogP contribution is 2.29. The van der Waals surface area contributed by atoms with Gasteiger partial charge >= 0.3 is 12.1 Å². The summed E-state index contributed by atoms with van der Waals surface area (Å²) in [5, 5.41) is 3.87. The second kappa shape index (κ2) is 4.56. The maximum Gasteiger partial charge on any atom is 0.471 e. The minimum absolute atomic E-state index is 0.00389. The van der Waals surface area contributed by atoms with Gasteiger partial charge < -0.3 is 4.52 Å². The lowest BCUT2D eigenvalue weighted by atomic mass is 10.4. The molecule has 0 fully saturated rings. The standard InChI is InChI=1S/C9H7F3N4OS/c1-4-3-13-5(14-7(4)18-2)6-15-8(17-16-6)9(10,11)12/h3H,1-2H3. The van der Waals surface area contributed by atoms with Gasteiger partial charge in [-0.15, -0.1) is 11.8 Å². The first-order valence-corrected chi connectivity index (χ1v) is 5.93.